The minimum atomic E-state index is 0.0526. The van der Waals surface area contributed by atoms with E-state index in [0.29, 0.717) is 6.67 Å². The van der Waals surface area contributed by atoms with Crippen LogP contribution in [-0.2, 0) is 20.3 Å². The number of nitrogens with zero attached hydrogens (tertiary/aromatic N) is 4. The van der Waals surface area contributed by atoms with E-state index >= 15 is 0 Å². The first-order chi connectivity index (χ1) is 12.1. The lowest BCUT2D eigenvalue weighted by Crippen LogP contribution is -2.47. The number of aryl methyl sites for hydroxylation is 1. The largest absolute Gasteiger partial charge is 0.329 e. The van der Waals surface area contributed by atoms with Crippen molar-refractivity contribution < 1.29 is 0 Å². The van der Waals surface area contributed by atoms with E-state index in [1.807, 2.05) is 41.9 Å². The number of hydrogen-bond acceptors (Lipinski definition) is 4. The summed E-state index contributed by atoms with van der Waals surface area (Å²) in [5, 5.41) is 0. The van der Waals surface area contributed by atoms with Crippen LogP contribution < -0.4 is 5.69 Å². The zero-order valence-electron chi connectivity index (χ0n) is 14.2. The molecular weight excluding hydrogens is 356 g/mol. The number of piperazine rings is 1. The Hall–Kier alpha value is -1.60. The number of hydrogen-bond donors (Lipinski definition) is 0. The van der Waals surface area contributed by atoms with E-state index in [-0.39, 0.29) is 5.69 Å². The van der Waals surface area contributed by atoms with Gasteiger partial charge in [0, 0.05) is 44.6 Å². The summed E-state index contributed by atoms with van der Waals surface area (Å²) in [4.78, 5) is 18.7. The highest BCUT2D eigenvalue weighted by Gasteiger charge is 2.19. The van der Waals surface area contributed by atoms with Gasteiger partial charge in [-0.3, -0.25) is 18.9 Å². The summed E-state index contributed by atoms with van der Waals surface area (Å²) in [6, 6.07) is 12.1. The van der Waals surface area contributed by atoms with Gasteiger partial charge < -0.3 is 0 Å². The van der Waals surface area contributed by atoms with E-state index in [0.717, 1.165) is 48.1 Å². The molecule has 1 saturated heterocycles. The maximum Gasteiger partial charge on any atom is 0.329 e. The summed E-state index contributed by atoms with van der Waals surface area (Å²) < 4.78 is 4.46. The molecule has 5 nitrogen and oxygen atoms in total. The molecule has 7 heteroatoms. The van der Waals surface area contributed by atoms with E-state index in [1.165, 1.54) is 4.88 Å². The number of imidazole rings is 1. The van der Waals surface area contributed by atoms with Crippen molar-refractivity contribution in [3.8, 4) is 0 Å². The maximum atomic E-state index is 12.5. The molecule has 4 rings (SSSR count). The third kappa shape index (κ3) is 3.40. The predicted octanol–water partition coefficient (Wildman–Crippen LogP) is 2.83. The Morgan fingerprint density at radius 1 is 1.00 bits per heavy atom. The number of fused-ring (bicyclic) bond motifs is 1. The smallest absolute Gasteiger partial charge is 0.296 e. The molecule has 0 unspecified atom stereocenters. The van der Waals surface area contributed by atoms with E-state index in [1.54, 1.807) is 15.9 Å². The molecule has 0 spiro atoms. The molecular formula is C18H21ClN4OS. The van der Waals surface area contributed by atoms with E-state index < -0.39 is 0 Å². The van der Waals surface area contributed by atoms with Crippen LogP contribution in [0.5, 0.6) is 0 Å². The number of halogens is 1. The van der Waals surface area contributed by atoms with Crippen molar-refractivity contribution in [2.24, 2.45) is 7.05 Å². The van der Waals surface area contributed by atoms with Crippen LogP contribution in [0.4, 0.5) is 0 Å². The number of rotatable bonds is 4. The summed E-state index contributed by atoms with van der Waals surface area (Å²) in [6.07, 6.45) is 0. The van der Waals surface area contributed by atoms with Crippen molar-refractivity contribution in [3.63, 3.8) is 0 Å². The maximum absolute atomic E-state index is 12.5. The minimum absolute atomic E-state index is 0.0526. The van der Waals surface area contributed by atoms with Crippen LogP contribution >= 0.6 is 22.9 Å². The normalized spacial score (nSPS) is 16.7. The second-order valence-electron chi connectivity index (χ2n) is 6.50. The van der Waals surface area contributed by atoms with Gasteiger partial charge in [-0.15, -0.1) is 11.3 Å². The molecule has 3 aromatic rings. The van der Waals surface area contributed by atoms with Gasteiger partial charge in [0.2, 0.25) is 0 Å². The number of thiophene rings is 1. The quantitative estimate of drug-likeness (QED) is 0.702. The molecule has 0 atom stereocenters. The van der Waals surface area contributed by atoms with Crippen molar-refractivity contribution in [2.45, 2.75) is 13.2 Å². The van der Waals surface area contributed by atoms with Crippen LogP contribution in [0.3, 0.4) is 0 Å². The molecule has 2 aromatic heterocycles. The molecule has 25 heavy (non-hydrogen) atoms. The first-order valence-electron chi connectivity index (χ1n) is 8.45. The topological polar surface area (TPSA) is 33.4 Å². The van der Waals surface area contributed by atoms with Gasteiger partial charge >= 0.3 is 5.69 Å². The van der Waals surface area contributed by atoms with Crippen LogP contribution in [0.25, 0.3) is 11.0 Å². The van der Waals surface area contributed by atoms with Gasteiger partial charge in [0.1, 0.15) is 0 Å². The highest BCUT2D eigenvalue weighted by atomic mass is 35.5. The molecule has 0 bridgehead atoms. The molecule has 1 fully saturated rings. The van der Waals surface area contributed by atoms with Crippen LogP contribution in [0, 0.1) is 0 Å². The molecule has 0 amide bonds. The van der Waals surface area contributed by atoms with Gasteiger partial charge in [-0.1, -0.05) is 23.7 Å². The number of para-hydroxylation sites is 2. The Morgan fingerprint density at radius 2 is 1.68 bits per heavy atom. The number of benzene rings is 1. The lowest BCUT2D eigenvalue weighted by molar-refractivity contribution is 0.104. The van der Waals surface area contributed by atoms with Crippen LogP contribution in [0.1, 0.15) is 4.88 Å². The van der Waals surface area contributed by atoms with Crippen molar-refractivity contribution in [1.82, 2.24) is 18.9 Å². The van der Waals surface area contributed by atoms with Gasteiger partial charge in [-0.05, 0) is 24.3 Å². The van der Waals surface area contributed by atoms with Gasteiger partial charge in [-0.25, -0.2) is 4.79 Å². The molecule has 0 radical (unpaired) electrons. The molecule has 3 heterocycles. The zero-order valence-corrected chi connectivity index (χ0v) is 15.8. The third-order valence-corrected chi connectivity index (χ3v) is 6.08. The predicted molar refractivity (Wildman–Crippen MR) is 103 cm³/mol. The second-order valence-corrected chi connectivity index (χ2v) is 8.30. The van der Waals surface area contributed by atoms with E-state index in [4.69, 9.17) is 11.6 Å². The third-order valence-electron chi connectivity index (χ3n) is 4.87. The fourth-order valence-corrected chi connectivity index (χ4v) is 4.58. The molecule has 0 saturated carbocycles. The lowest BCUT2D eigenvalue weighted by atomic mass is 10.3. The first-order valence-corrected chi connectivity index (χ1v) is 9.64. The van der Waals surface area contributed by atoms with Crippen LogP contribution in [-0.4, -0.2) is 45.1 Å². The summed E-state index contributed by atoms with van der Waals surface area (Å²) in [5.74, 6) is 0. The molecule has 0 N–H and O–H groups in total. The number of aromatic nitrogens is 2. The monoisotopic (exact) mass is 376 g/mol. The summed E-state index contributed by atoms with van der Waals surface area (Å²) in [6.45, 7) is 5.56. The Morgan fingerprint density at radius 3 is 2.36 bits per heavy atom. The zero-order chi connectivity index (χ0) is 17.4. The van der Waals surface area contributed by atoms with E-state index in [9.17, 15) is 4.79 Å². The summed E-state index contributed by atoms with van der Waals surface area (Å²) >= 11 is 7.67. The van der Waals surface area contributed by atoms with Crippen LogP contribution in [0.2, 0.25) is 4.34 Å². The highest BCUT2D eigenvalue weighted by Crippen LogP contribution is 2.23. The minimum Gasteiger partial charge on any atom is -0.296 e. The standard InChI is InChI=1S/C18H21ClN4OS/c1-20-15-4-2-3-5-16(15)23(18(20)24)13-22-10-8-21(9-11-22)12-14-6-7-17(19)25-14/h2-7H,8-13H2,1H3. The van der Waals surface area contributed by atoms with Gasteiger partial charge in [0.05, 0.1) is 22.0 Å². The average Bonchev–Trinajstić information content (AvgIpc) is 3.14. The van der Waals surface area contributed by atoms with Crippen molar-refractivity contribution in [1.29, 1.82) is 0 Å². The molecule has 0 aliphatic carbocycles. The van der Waals surface area contributed by atoms with Crippen molar-refractivity contribution >= 4 is 34.0 Å². The Balaban J connectivity index is 1.42. The van der Waals surface area contributed by atoms with Gasteiger partial charge in [-0.2, -0.15) is 0 Å². The fraction of sp³-hybridized carbons (Fsp3) is 0.389. The molecule has 132 valence electrons. The van der Waals surface area contributed by atoms with E-state index in [2.05, 4.69) is 15.9 Å². The van der Waals surface area contributed by atoms with Gasteiger partial charge in [0.15, 0.2) is 0 Å². The van der Waals surface area contributed by atoms with Crippen molar-refractivity contribution in [2.75, 3.05) is 26.2 Å². The molecule has 1 aliphatic rings. The SMILES string of the molecule is Cn1c(=O)n(CN2CCN(Cc3ccc(Cl)s3)CC2)c2ccccc21. The highest BCUT2D eigenvalue weighted by molar-refractivity contribution is 7.16. The summed E-state index contributed by atoms with van der Waals surface area (Å²) in [5.41, 5.74) is 2.04. The van der Waals surface area contributed by atoms with Crippen LogP contribution in [0.15, 0.2) is 41.2 Å². The first kappa shape index (κ1) is 16.8. The Labute approximate surface area is 155 Å². The fourth-order valence-electron chi connectivity index (χ4n) is 3.45. The molecule has 1 aliphatic heterocycles. The van der Waals surface area contributed by atoms with Crippen molar-refractivity contribution in [3.05, 3.63) is 56.1 Å². The molecule has 1 aromatic carbocycles. The average molecular weight is 377 g/mol. The summed E-state index contributed by atoms with van der Waals surface area (Å²) in [7, 11) is 1.84. The van der Waals surface area contributed by atoms with Gasteiger partial charge in [0.25, 0.3) is 0 Å². The lowest BCUT2D eigenvalue weighted by Gasteiger charge is -2.34. The Bertz CT molecular complexity index is 936. The second kappa shape index (κ2) is 6.96. The Kier molecular flexibility index (Phi) is 4.69.